The summed E-state index contributed by atoms with van der Waals surface area (Å²) in [5, 5.41) is 12.1. The molecule has 5 nitrogen and oxygen atoms in total. The molecule has 0 bridgehead atoms. The highest BCUT2D eigenvalue weighted by atomic mass is 35.5. The lowest BCUT2D eigenvalue weighted by Crippen LogP contribution is -2.40. The van der Waals surface area contributed by atoms with Crippen LogP contribution in [0.1, 0.15) is 38.2 Å². The number of methoxy groups -OCH3 is 1. The second kappa shape index (κ2) is 9.30. The minimum Gasteiger partial charge on any atom is -0.495 e. The SMILES string of the molecule is CCCCC(NC(=O)CCc1ccc(OC)c(Cl)c1)C(=O)O. The van der Waals surface area contributed by atoms with Crippen LogP contribution in [-0.4, -0.2) is 30.1 Å². The average molecular weight is 328 g/mol. The number of aliphatic carboxylic acids is 1. The number of ether oxygens (including phenoxy) is 1. The van der Waals surface area contributed by atoms with Crippen molar-refractivity contribution in [3.05, 3.63) is 28.8 Å². The quantitative estimate of drug-likeness (QED) is 0.731. The molecule has 0 aromatic heterocycles. The van der Waals surface area contributed by atoms with Crippen molar-refractivity contribution in [1.29, 1.82) is 0 Å². The first kappa shape index (κ1) is 18.3. The molecule has 0 fully saturated rings. The van der Waals surface area contributed by atoms with Gasteiger partial charge in [-0.05, 0) is 30.5 Å². The zero-order chi connectivity index (χ0) is 16.5. The van der Waals surface area contributed by atoms with Crippen LogP contribution in [0.5, 0.6) is 5.75 Å². The molecule has 1 amide bonds. The Hall–Kier alpha value is -1.75. The number of benzene rings is 1. The first-order valence-electron chi connectivity index (χ1n) is 7.32. The first-order valence-corrected chi connectivity index (χ1v) is 7.70. The summed E-state index contributed by atoms with van der Waals surface area (Å²) in [6.45, 7) is 1.98. The monoisotopic (exact) mass is 327 g/mol. The lowest BCUT2D eigenvalue weighted by Gasteiger charge is -2.14. The number of carboxylic acids is 1. The highest BCUT2D eigenvalue weighted by Gasteiger charge is 2.18. The van der Waals surface area contributed by atoms with Gasteiger partial charge in [-0.1, -0.05) is 37.4 Å². The van der Waals surface area contributed by atoms with E-state index in [1.54, 1.807) is 12.1 Å². The van der Waals surface area contributed by atoms with Gasteiger partial charge < -0.3 is 15.2 Å². The molecule has 0 heterocycles. The van der Waals surface area contributed by atoms with Crippen molar-refractivity contribution in [2.45, 2.75) is 45.1 Å². The number of carboxylic acid groups (broad SMARTS) is 1. The molecule has 0 saturated carbocycles. The molecule has 1 aromatic carbocycles. The van der Waals surface area contributed by atoms with Crippen LogP contribution < -0.4 is 10.1 Å². The largest absolute Gasteiger partial charge is 0.495 e. The van der Waals surface area contributed by atoms with Crippen molar-refractivity contribution in [1.82, 2.24) is 5.32 Å². The smallest absolute Gasteiger partial charge is 0.326 e. The molecule has 1 atom stereocenters. The van der Waals surface area contributed by atoms with E-state index in [0.29, 0.717) is 23.6 Å². The molecule has 1 unspecified atom stereocenters. The molecule has 0 aliphatic rings. The van der Waals surface area contributed by atoms with Crippen LogP contribution in [0.25, 0.3) is 0 Å². The summed E-state index contributed by atoms with van der Waals surface area (Å²) in [5.74, 6) is -0.676. The van der Waals surface area contributed by atoms with Crippen LogP contribution in [0.2, 0.25) is 5.02 Å². The predicted molar refractivity (Wildman–Crippen MR) is 85.4 cm³/mol. The summed E-state index contributed by atoms with van der Waals surface area (Å²) in [6.07, 6.45) is 2.83. The Morgan fingerprint density at radius 3 is 2.68 bits per heavy atom. The molecule has 0 aliphatic heterocycles. The third-order valence-corrected chi connectivity index (χ3v) is 3.63. The van der Waals surface area contributed by atoms with Gasteiger partial charge in [0.15, 0.2) is 0 Å². The predicted octanol–water partition coefficient (Wildman–Crippen LogP) is 3.04. The third kappa shape index (κ3) is 5.93. The number of hydrogen-bond donors (Lipinski definition) is 2. The maximum Gasteiger partial charge on any atom is 0.326 e. The fourth-order valence-corrected chi connectivity index (χ4v) is 2.34. The number of carbonyl (C=O) groups excluding carboxylic acids is 1. The number of amides is 1. The van der Waals surface area contributed by atoms with Crippen LogP contribution in [0.4, 0.5) is 0 Å². The van der Waals surface area contributed by atoms with E-state index in [1.165, 1.54) is 7.11 Å². The summed E-state index contributed by atoms with van der Waals surface area (Å²) < 4.78 is 5.07. The molecule has 0 saturated heterocycles. The number of halogens is 1. The molecule has 0 aliphatic carbocycles. The van der Waals surface area contributed by atoms with Crippen molar-refractivity contribution in [2.75, 3.05) is 7.11 Å². The Kier molecular flexibility index (Phi) is 7.74. The standard InChI is InChI=1S/C16H22ClNO4/c1-3-4-5-13(16(20)21)18-15(19)9-7-11-6-8-14(22-2)12(17)10-11/h6,8,10,13H,3-5,7,9H2,1-2H3,(H,18,19)(H,20,21). The normalized spacial score (nSPS) is 11.8. The third-order valence-electron chi connectivity index (χ3n) is 3.34. The van der Waals surface area contributed by atoms with Gasteiger partial charge in [0.1, 0.15) is 11.8 Å². The number of carbonyl (C=O) groups is 2. The van der Waals surface area contributed by atoms with E-state index < -0.39 is 12.0 Å². The van der Waals surface area contributed by atoms with Crippen LogP contribution >= 0.6 is 11.6 Å². The van der Waals surface area contributed by atoms with Gasteiger partial charge in [-0.2, -0.15) is 0 Å². The van der Waals surface area contributed by atoms with Crippen molar-refractivity contribution in [3.63, 3.8) is 0 Å². The van der Waals surface area contributed by atoms with Gasteiger partial charge in [0, 0.05) is 6.42 Å². The van der Waals surface area contributed by atoms with Crippen LogP contribution in [-0.2, 0) is 16.0 Å². The van der Waals surface area contributed by atoms with Gasteiger partial charge in [-0.15, -0.1) is 0 Å². The van der Waals surface area contributed by atoms with Crippen molar-refractivity contribution in [2.24, 2.45) is 0 Å². The summed E-state index contributed by atoms with van der Waals surface area (Å²) in [6, 6.07) is 4.52. The lowest BCUT2D eigenvalue weighted by atomic mass is 10.1. The Bertz CT molecular complexity index is 519. The zero-order valence-electron chi connectivity index (χ0n) is 12.9. The number of aryl methyl sites for hydroxylation is 1. The highest BCUT2D eigenvalue weighted by molar-refractivity contribution is 6.32. The van der Waals surface area contributed by atoms with Gasteiger partial charge >= 0.3 is 5.97 Å². The van der Waals surface area contributed by atoms with Gasteiger partial charge in [0.25, 0.3) is 0 Å². The number of rotatable bonds is 9. The highest BCUT2D eigenvalue weighted by Crippen LogP contribution is 2.25. The van der Waals surface area contributed by atoms with E-state index in [9.17, 15) is 9.59 Å². The molecule has 22 heavy (non-hydrogen) atoms. The van der Waals surface area contributed by atoms with E-state index in [-0.39, 0.29) is 12.3 Å². The average Bonchev–Trinajstić information content (AvgIpc) is 2.49. The molecular weight excluding hydrogens is 306 g/mol. The van der Waals surface area contributed by atoms with E-state index in [0.717, 1.165) is 18.4 Å². The molecule has 6 heteroatoms. The Morgan fingerprint density at radius 2 is 2.14 bits per heavy atom. The van der Waals surface area contributed by atoms with Crippen LogP contribution in [0.15, 0.2) is 18.2 Å². The van der Waals surface area contributed by atoms with Crippen molar-refractivity contribution < 1.29 is 19.4 Å². The number of hydrogen-bond acceptors (Lipinski definition) is 3. The maximum atomic E-state index is 11.9. The lowest BCUT2D eigenvalue weighted by molar-refractivity contribution is -0.142. The number of nitrogens with one attached hydrogen (secondary N) is 1. The van der Waals surface area contributed by atoms with E-state index in [1.807, 2.05) is 13.0 Å². The van der Waals surface area contributed by atoms with E-state index >= 15 is 0 Å². The minimum absolute atomic E-state index is 0.221. The summed E-state index contributed by atoms with van der Waals surface area (Å²) >= 11 is 6.02. The van der Waals surface area contributed by atoms with Crippen LogP contribution in [0.3, 0.4) is 0 Å². The zero-order valence-corrected chi connectivity index (χ0v) is 13.7. The minimum atomic E-state index is -0.991. The molecule has 1 rings (SSSR count). The second-order valence-electron chi connectivity index (χ2n) is 5.07. The summed E-state index contributed by atoms with van der Waals surface area (Å²) in [7, 11) is 1.54. The van der Waals surface area contributed by atoms with Gasteiger partial charge in [-0.3, -0.25) is 4.79 Å². The molecule has 122 valence electrons. The van der Waals surface area contributed by atoms with E-state index in [4.69, 9.17) is 21.4 Å². The Labute approximate surface area is 135 Å². The molecular formula is C16H22ClNO4. The number of unbranched alkanes of at least 4 members (excludes halogenated alkanes) is 1. The fourth-order valence-electron chi connectivity index (χ4n) is 2.06. The second-order valence-corrected chi connectivity index (χ2v) is 5.48. The van der Waals surface area contributed by atoms with E-state index in [2.05, 4.69) is 5.32 Å². The molecule has 0 radical (unpaired) electrons. The Morgan fingerprint density at radius 1 is 1.41 bits per heavy atom. The fraction of sp³-hybridized carbons (Fsp3) is 0.500. The van der Waals surface area contributed by atoms with Gasteiger partial charge in [-0.25, -0.2) is 4.79 Å². The first-order chi connectivity index (χ1) is 10.5. The summed E-state index contributed by atoms with van der Waals surface area (Å²) in [4.78, 5) is 23.0. The molecule has 1 aromatic rings. The molecule has 0 spiro atoms. The van der Waals surface area contributed by atoms with Gasteiger partial charge in [0.2, 0.25) is 5.91 Å². The van der Waals surface area contributed by atoms with Crippen LogP contribution in [0, 0.1) is 0 Å². The van der Waals surface area contributed by atoms with Crippen molar-refractivity contribution >= 4 is 23.5 Å². The molecule has 2 N–H and O–H groups in total. The topological polar surface area (TPSA) is 75.6 Å². The maximum absolute atomic E-state index is 11.9. The summed E-state index contributed by atoms with van der Waals surface area (Å²) in [5.41, 5.74) is 0.904. The van der Waals surface area contributed by atoms with Gasteiger partial charge in [0.05, 0.1) is 12.1 Å². The van der Waals surface area contributed by atoms with Crippen molar-refractivity contribution in [3.8, 4) is 5.75 Å². The Balaban J connectivity index is 2.51.